The van der Waals surface area contributed by atoms with Crippen LogP contribution >= 0.6 is 23.2 Å². The van der Waals surface area contributed by atoms with E-state index in [0.29, 0.717) is 6.07 Å². The van der Waals surface area contributed by atoms with Gasteiger partial charge in [-0.2, -0.15) is 18.4 Å². The van der Waals surface area contributed by atoms with E-state index in [9.17, 15) is 17.6 Å². The fourth-order valence-corrected chi connectivity index (χ4v) is 2.83. The van der Waals surface area contributed by atoms with Gasteiger partial charge in [-0.15, -0.1) is 0 Å². The van der Waals surface area contributed by atoms with E-state index in [-0.39, 0.29) is 32.4 Å². The minimum Gasteiger partial charge on any atom is -0.295 e. The van der Waals surface area contributed by atoms with E-state index in [1.807, 2.05) is 0 Å². The molecule has 122 valence electrons. The zero-order valence-corrected chi connectivity index (χ0v) is 13.0. The highest BCUT2D eigenvalue weighted by atomic mass is 35.5. The average molecular weight is 374 g/mol. The van der Waals surface area contributed by atoms with E-state index in [2.05, 4.69) is 4.98 Å². The van der Waals surface area contributed by atoms with Crippen LogP contribution in [0.4, 0.5) is 17.6 Å². The van der Waals surface area contributed by atoms with Gasteiger partial charge in [-0.05, 0) is 18.2 Å². The molecule has 9 heteroatoms. The SMILES string of the molecule is N#Cc1cc(-c2c(Cl)cc(C(F)(F)F)n3ccnc23)c(F)cc1Cl. The Bertz CT molecular complexity index is 1000. The highest BCUT2D eigenvalue weighted by molar-refractivity contribution is 6.34. The number of nitrogens with zero attached hydrogens (tertiary/aromatic N) is 3. The third-order valence-electron chi connectivity index (χ3n) is 3.36. The molecule has 0 amide bonds. The number of pyridine rings is 1. The van der Waals surface area contributed by atoms with E-state index >= 15 is 0 Å². The van der Waals surface area contributed by atoms with E-state index in [4.69, 9.17) is 28.5 Å². The molecule has 2 aromatic heterocycles. The van der Waals surface area contributed by atoms with Gasteiger partial charge >= 0.3 is 6.18 Å². The number of halogens is 6. The molecule has 0 spiro atoms. The molecule has 2 heterocycles. The largest absolute Gasteiger partial charge is 0.431 e. The van der Waals surface area contributed by atoms with Crippen LogP contribution in [0, 0.1) is 17.1 Å². The van der Waals surface area contributed by atoms with E-state index in [0.717, 1.165) is 28.9 Å². The summed E-state index contributed by atoms with van der Waals surface area (Å²) in [5.41, 5.74) is -1.47. The molecule has 0 radical (unpaired) electrons. The number of aromatic nitrogens is 2. The number of fused-ring (bicyclic) bond motifs is 1. The summed E-state index contributed by atoms with van der Waals surface area (Å²) < 4.78 is 54.4. The second-order valence-corrected chi connectivity index (χ2v) is 5.61. The first kappa shape index (κ1) is 16.6. The van der Waals surface area contributed by atoms with Crippen molar-refractivity contribution in [2.75, 3.05) is 0 Å². The van der Waals surface area contributed by atoms with E-state index in [1.54, 1.807) is 6.07 Å². The summed E-state index contributed by atoms with van der Waals surface area (Å²) in [4.78, 5) is 3.85. The molecule has 24 heavy (non-hydrogen) atoms. The fraction of sp³-hybridized carbons (Fsp3) is 0.0667. The number of nitriles is 1. The summed E-state index contributed by atoms with van der Waals surface area (Å²) in [5, 5.41) is 8.56. The third kappa shape index (κ3) is 2.58. The van der Waals surface area contributed by atoms with Gasteiger partial charge in [0.15, 0.2) is 0 Å². The quantitative estimate of drug-likeness (QED) is 0.540. The van der Waals surface area contributed by atoms with Crippen molar-refractivity contribution in [3.63, 3.8) is 0 Å². The second-order valence-electron chi connectivity index (χ2n) is 4.79. The smallest absolute Gasteiger partial charge is 0.295 e. The molecule has 0 saturated heterocycles. The van der Waals surface area contributed by atoms with Crippen molar-refractivity contribution in [2.24, 2.45) is 0 Å². The lowest BCUT2D eigenvalue weighted by atomic mass is 10.0. The Hall–Kier alpha value is -2.30. The predicted molar refractivity (Wildman–Crippen MR) is 80.3 cm³/mol. The summed E-state index contributed by atoms with van der Waals surface area (Å²) in [6, 6.07) is 4.50. The van der Waals surface area contributed by atoms with Crippen LogP contribution in [0.15, 0.2) is 30.6 Å². The lowest BCUT2D eigenvalue weighted by molar-refractivity contribution is -0.142. The number of hydrogen-bond donors (Lipinski definition) is 0. The molecule has 3 rings (SSSR count). The van der Waals surface area contributed by atoms with Gasteiger partial charge in [-0.1, -0.05) is 23.2 Å². The highest BCUT2D eigenvalue weighted by Gasteiger charge is 2.35. The Labute approximate surface area is 142 Å². The Kier molecular flexibility index (Phi) is 3.90. The van der Waals surface area contributed by atoms with Crippen LogP contribution in [-0.2, 0) is 6.18 Å². The number of imidazole rings is 1. The minimum absolute atomic E-state index is 0.0336. The first-order chi connectivity index (χ1) is 11.2. The van der Waals surface area contributed by atoms with Crippen LogP contribution in [0.1, 0.15) is 11.3 Å². The molecule has 0 aliphatic heterocycles. The summed E-state index contributed by atoms with van der Waals surface area (Å²) in [5.74, 6) is -0.828. The van der Waals surface area contributed by atoms with Crippen molar-refractivity contribution in [3.05, 3.63) is 57.7 Å². The van der Waals surface area contributed by atoms with Crippen LogP contribution in [0.25, 0.3) is 16.8 Å². The molecule has 0 aliphatic carbocycles. The third-order valence-corrected chi connectivity index (χ3v) is 3.97. The van der Waals surface area contributed by atoms with Crippen molar-refractivity contribution in [1.29, 1.82) is 5.26 Å². The predicted octanol–water partition coefficient (Wildman–Crippen LogP) is 5.34. The Balaban J connectivity index is 2.40. The van der Waals surface area contributed by atoms with Crippen LogP contribution in [-0.4, -0.2) is 9.38 Å². The van der Waals surface area contributed by atoms with Gasteiger partial charge in [0.2, 0.25) is 0 Å². The fourth-order valence-electron chi connectivity index (χ4n) is 2.35. The Morgan fingerprint density at radius 3 is 2.46 bits per heavy atom. The first-order valence-electron chi connectivity index (χ1n) is 6.36. The minimum atomic E-state index is -4.67. The van der Waals surface area contributed by atoms with Gasteiger partial charge in [-0.25, -0.2) is 9.37 Å². The molecule has 0 fully saturated rings. The lowest BCUT2D eigenvalue weighted by Crippen LogP contribution is -2.12. The Morgan fingerprint density at radius 2 is 1.83 bits per heavy atom. The van der Waals surface area contributed by atoms with Gasteiger partial charge in [0, 0.05) is 23.5 Å². The van der Waals surface area contributed by atoms with Crippen LogP contribution in [0.2, 0.25) is 10.0 Å². The molecule has 0 unspecified atom stereocenters. The van der Waals surface area contributed by atoms with Crippen LogP contribution < -0.4 is 0 Å². The van der Waals surface area contributed by atoms with E-state index in [1.165, 1.54) is 0 Å². The molecule has 3 aromatic rings. The standard InChI is InChI=1S/C15H5Cl2F4N3/c16-9-4-11(18)8(3-7(9)6-22)13-10(17)5-12(15(19,20)21)24-2-1-23-14(13)24/h1-5H. The van der Waals surface area contributed by atoms with Gasteiger partial charge in [0.1, 0.15) is 23.2 Å². The molecule has 0 saturated carbocycles. The number of rotatable bonds is 1. The van der Waals surface area contributed by atoms with Gasteiger partial charge in [0.05, 0.1) is 15.6 Å². The first-order valence-corrected chi connectivity index (χ1v) is 7.12. The molecule has 0 atom stereocenters. The van der Waals surface area contributed by atoms with Gasteiger partial charge in [0.25, 0.3) is 0 Å². The molecular weight excluding hydrogens is 369 g/mol. The zero-order valence-electron chi connectivity index (χ0n) is 11.5. The summed E-state index contributed by atoms with van der Waals surface area (Å²) in [6.45, 7) is 0. The summed E-state index contributed by atoms with van der Waals surface area (Å²) in [7, 11) is 0. The van der Waals surface area contributed by atoms with E-state index < -0.39 is 17.7 Å². The van der Waals surface area contributed by atoms with Crippen molar-refractivity contribution < 1.29 is 17.6 Å². The van der Waals surface area contributed by atoms with Crippen LogP contribution in [0.3, 0.4) is 0 Å². The zero-order chi connectivity index (χ0) is 17.6. The van der Waals surface area contributed by atoms with Crippen molar-refractivity contribution >= 4 is 28.8 Å². The normalized spacial score (nSPS) is 11.7. The molecule has 0 aliphatic rings. The van der Waals surface area contributed by atoms with Crippen LogP contribution in [0.5, 0.6) is 0 Å². The molecule has 1 aromatic carbocycles. The topological polar surface area (TPSA) is 41.1 Å². The summed E-state index contributed by atoms with van der Waals surface area (Å²) in [6.07, 6.45) is -2.43. The highest BCUT2D eigenvalue weighted by Crippen LogP contribution is 2.40. The van der Waals surface area contributed by atoms with Crippen molar-refractivity contribution in [1.82, 2.24) is 9.38 Å². The Morgan fingerprint density at radius 1 is 1.12 bits per heavy atom. The van der Waals surface area contributed by atoms with Gasteiger partial charge in [-0.3, -0.25) is 4.40 Å². The molecular formula is C15H5Cl2F4N3. The number of hydrogen-bond acceptors (Lipinski definition) is 2. The van der Waals surface area contributed by atoms with Gasteiger partial charge < -0.3 is 0 Å². The maximum atomic E-state index is 14.3. The number of alkyl halides is 3. The number of benzene rings is 1. The average Bonchev–Trinajstić information content (AvgIpc) is 2.95. The molecule has 0 bridgehead atoms. The monoisotopic (exact) mass is 373 g/mol. The summed E-state index contributed by atoms with van der Waals surface area (Å²) >= 11 is 11.7. The lowest BCUT2D eigenvalue weighted by Gasteiger charge is -2.14. The van der Waals surface area contributed by atoms with Crippen molar-refractivity contribution in [2.45, 2.75) is 6.18 Å². The van der Waals surface area contributed by atoms with Crippen molar-refractivity contribution in [3.8, 4) is 17.2 Å². The maximum absolute atomic E-state index is 14.3. The second kappa shape index (κ2) is 5.65. The molecule has 0 N–H and O–H groups in total. The maximum Gasteiger partial charge on any atom is 0.431 e. The molecule has 3 nitrogen and oxygen atoms in total.